The molecule has 168 valence electrons. The lowest BCUT2D eigenvalue weighted by atomic mass is 10.1. The molecule has 8 heteroatoms. The van der Waals surface area contributed by atoms with Gasteiger partial charge >= 0.3 is 0 Å². The van der Waals surface area contributed by atoms with Gasteiger partial charge in [-0.2, -0.15) is 0 Å². The van der Waals surface area contributed by atoms with E-state index in [9.17, 15) is 14.7 Å². The maximum atomic E-state index is 12.7. The number of likely N-dealkylation sites (N-methyl/N-ethyl adjacent to an activating group) is 1. The highest BCUT2D eigenvalue weighted by atomic mass is 32.2. The van der Waals surface area contributed by atoms with Crippen molar-refractivity contribution < 1.29 is 24.2 Å². The van der Waals surface area contributed by atoms with Crippen molar-refractivity contribution in [3.05, 3.63) is 64.1 Å². The van der Waals surface area contributed by atoms with Gasteiger partial charge in [-0.25, -0.2) is 0 Å². The zero-order valence-electron chi connectivity index (χ0n) is 18.3. The van der Waals surface area contributed by atoms with Crippen molar-refractivity contribution in [3.63, 3.8) is 0 Å². The predicted octanol–water partition coefficient (Wildman–Crippen LogP) is 3.34. The summed E-state index contributed by atoms with van der Waals surface area (Å²) in [5.41, 5.74) is 1.76. The molecule has 0 aromatic heterocycles. The van der Waals surface area contributed by atoms with Crippen LogP contribution >= 0.6 is 11.8 Å². The molecule has 0 radical (unpaired) electrons. The first-order valence-electron chi connectivity index (χ1n) is 10.4. The smallest absolute Gasteiger partial charge is 0.266 e. The van der Waals surface area contributed by atoms with Crippen LogP contribution in [0.2, 0.25) is 0 Å². The Bertz CT molecular complexity index is 1050. The van der Waals surface area contributed by atoms with Crippen LogP contribution in [0.1, 0.15) is 42.3 Å². The molecule has 1 heterocycles. The molecule has 0 unspecified atom stereocenters. The van der Waals surface area contributed by atoms with Gasteiger partial charge in [0.05, 0.1) is 17.5 Å². The van der Waals surface area contributed by atoms with Crippen LogP contribution in [0, 0.1) is 0 Å². The van der Waals surface area contributed by atoms with Crippen LogP contribution in [-0.4, -0.2) is 41.6 Å². The van der Waals surface area contributed by atoms with Crippen molar-refractivity contribution in [1.82, 2.24) is 4.90 Å². The molecular weight excluding hydrogens is 428 g/mol. The van der Waals surface area contributed by atoms with Gasteiger partial charge < -0.3 is 19.4 Å². The van der Waals surface area contributed by atoms with Crippen LogP contribution in [-0.2, 0) is 11.4 Å². The summed E-state index contributed by atoms with van der Waals surface area (Å²) in [4.78, 5) is 30.3. The molecule has 0 aliphatic carbocycles. The second-order valence-electron chi connectivity index (χ2n) is 6.83. The lowest BCUT2D eigenvalue weighted by Gasteiger charge is -2.13. The number of amides is 1. The Morgan fingerprint density at radius 1 is 1.09 bits per heavy atom. The lowest BCUT2D eigenvalue weighted by molar-refractivity contribution is -0.255. The van der Waals surface area contributed by atoms with Gasteiger partial charge in [0.1, 0.15) is 6.61 Å². The molecule has 2 aromatic rings. The summed E-state index contributed by atoms with van der Waals surface area (Å²) in [6.07, 6.45) is 1.83. The molecule has 2 aromatic carbocycles. The van der Waals surface area contributed by atoms with E-state index in [0.717, 1.165) is 16.3 Å². The average Bonchev–Trinajstić information content (AvgIpc) is 3.08. The third-order valence-electron chi connectivity index (χ3n) is 4.65. The fourth-order valence-electron chi connectivity index (χ4n) is 3.09. The third-order valence-corrected chi connectivity index (χ3v) is 5.69. The Morgan fingerprint density at radius 2 is 1.84 bits per heavy atom. The van der Waals surface area contributed by atoms with E-state index in [-0.39, 0.29) is 18.1 Å². The van der Waals surface area contributed by atoms with E-state index in [2.05, 4.69) is 4.99 Å². The fraction of sp³-hybridized carbons (Fsp3) is 0.292. The number of carboxylic acids is 1. The van der Waals surface area contributed by atoms with Crippen molar-refractivity contribution in [2.75, 3.05) is 19.7 Å². The summed E-state index contributed by atoms with van der Waals surface area (Å²) in [7, 11) is 0. The van der Waals surface area contributed by atoms with Crippen LogP contribution in [0.3, 0.4) is 0 Å². The Morgan fingerprint density at radius 3 is 2.47 bits per heavy atom. The first kappa shape index (κ1) is 23.4. The molecule has 0 saturated carbocycles. The normalized spacial score (nSPS) is 16.1. The van der Waals surface area contributed by atoms with Crippen LogP contribution in [0.4, 0.5) is 0 Å². The van der Waals surface area contributed by atoms with E-state index in [1.807, 2.05) is 39.0 Å². The topological polar surface area (TPSA) is 91.3 Å². The molecule has 7 nitrogen and oxygen atoms in total. The summed E-state index contributed by atoms with van der Waals surface area (Å²) in [6, 6.07) is 11.8. The monoisotopic (exact) mass is 453 g/mol. The van der Waals surface area contributed by atoms with E-state index >= 15 is 0 Å². The fourth-order valence-corrected chi connectivity index (χ4v) is 4.20. The number of amidine groups is 1. The Balaban J connectivity index is 1.78. The molecule has 32 heavy (non-hydrogen) atoms. The van der Waals surface area contributed by atoms with Crippen molar-refractivity contribution in [2.24, 2.45) is 4.99 Å². The van der Waals surface area contributed by atoms with E-state index in [1.54, 1.807) is 23.1 Å². The minimum atomic E-state index is -1.21. The molecule has 0 spiro atoms. The summed E-state index contributed by atoms with van der Waals surface area (Å²) in [5, 5.41) is 11.6. The second kappa shape index (κ2) is 10.9. The van der Waals surface area contributed by atoms with Crippen LogP contribution < -0.4 is 14.6 Å². The molecule has 1 amide bonds. The number of hydrogen-bond acceptors (Lipinski definition) is 7. The minimum Gasteiger partial charge on any atom is -0.545 e. The van der Waals surface area contributed by atoms with Crippen molar-refractivity contribution in [3.8, 4) is 11.5 Å². The number of aliphatic imine (C=N–C) groups is 1. The Hall–Kier alpha value is -3.26. The van der Waals surface area contributed by atoms with Crippen LogP contribution in [0.25, 0.3) is 6.08 Å². The summed E-state index contributed by atoms with van der Waals surface area (Å²) in [6.45, 7) is 7.66. The molecule has 0 bridgehead atoms. The van der Waals surface area contributed by atoms with Crippen LogP contribution in [0.15, 0.2) is 52.4 Å². The zero-order chi connectivity index (χ0) is 23.1. The number of aromatic carboxylic acids is 1. The van der Waals surface area contributed by atoms with Gasteiger partial charge in [-0.3, -0.25) is 14.7 Å². The Kier molecular flexibility index (Phi) is 7.94. The summed E-state index contributed by atoms with van der Waals surface area (Å²) in [5.74, 6) is -0.136. The lowest BCUT2D eigenvalue weighted by Crippen LogP contribution is -2.28. The first-order valence-corrected chi connectivity index (χ1v) is 11.2. The number of rotatable bonds is 9. The standard InChI is InChI=1S/C24H26N2O5S/c1-4-25-24-26(5-2)22(27)21(32-24)14-17-9-12-19(20(13-17)30-6-3)31-15-16-7-10-18(11-8-16)23(28)29/h7-14H,4-6,15H2,1-3H3,(H,28,29)/p-1/b21-14-,25-24?. The number of carbonyl (C=O) groups excluding carboxylic acids is 2. The van der Waals surface area contributed by atoms with Crippen LogP contribution in [0.5, 0.6) is 11.5 Å². The summed E-state index contributed by atoms with van der Waals surface area (Å²) < 4.78 is 11.6. The highest BCUT2D eigenvalue weighted by Gasteiger charge is 2.31. The number of ether oxygens (including phenoxy) is 2. The average molecular weight is 454 g/mol. The van der Waals surface area contributed by atoms with Gasteiger partial charge in [-0.15, -0.1) is 0 Å². The van der Waals surface area contributed by atoms with Gasteiger partial charge in [0, 0.05) is 13.1 Å². The van der Waals surface area contributed by atoms with E-state index < -0.39 is 5.97 Å². The number of benzene rings is 2. The van der Waals surface area contributed by atoms with Gasteiger partial charge in [0.15, 0.2) is 16.7 Å². The molecule has 1 saturated heterocycles. The van der Waals surface area contributed by atoms with Crippen molar-refractivity contribution in [2.45, 2.75) is 27.4 Å². The number of thioether (sulfide) groups is 1. The maximum Gasteiger partial charge on any atom is 0.266 e. The molecule has 0 N–H and O–H groups in total. The molecular formula is C24H25N2O5S-. The largest absolute Gasteiger partial charge is 0.545 e. The number of carbonyl (C=O) groups is 2. The second-order valence-corrected chi connectivity index (χ2v) is 7.84. The van der Waals surface area contributed by atoms with Gasteiger partial charge in [-0.05, 0) is 67.4 Å². The number of nitrogens with zero attached hydrogens (tertiary/aromatic N) is 2. The van der Waals surface area contributed by atoms with E-state index in [4.69, 9.17) is 9.47 Å². The molecule has 0 atom stereocenters. The minimum absolute atomic E-state index is 0.0528. The molecule has 3 rings (SSSR count). The van der Waals surface area contributed by atoms with Crippen molar-refractivity contribution >= 4 is 34.9 Å². The molecule has 1 fully saturated rings. The number of hydrogen-bond donors (Lipinski definition) is 0. The van der Waals surface area contributed by atoms with E-state index in [1.165, 1.54) is 23.9 Å². The summed E-state index contributed by atoms with van der Waals surface area (Å²) >= 11 is 1.37. The highest BCUT2D eigenvalue weighted by molar-refractivity contribution is 8.18. The SMILES string of the molecule is CCN=C1S/C(=C\c2ccc(OCc3ccc(C(=O)[O-])cc3)c(OCC)c2)C(=O)N1CC. The molecule has 1 aliphatic rings. The van der Waals surface area contributed by atoms with Gasteiger partial charge in [0.25, 0.3) is 5.91 Å². The van der Waals surface area contributed by atoms with Crippen molar-refractivity contribution in [1.29, 1.82) is 0 Å². The Labute approximate surface area is 191 Å². The molecule has 1 aliphatic heterocycles. The highest BCUT2D eigenvalue weighted by Crippen LogP contribution is 2.35. The zero-order valence-corrected chi connectivity index (χ0v) is 19.1. The first-order chi connectivity index (χ1) is 15.5. The quantitative estimate of drug-likeness (QED) is 0.541. The van der Waals surface area contributed by atoms with E-state index in [0.29, 0.717) is 36.1 Å². The number of carboxylic acid groups (broad SMARTS) is 1. The van der Waals surface area contributed by atoms with Gasteiger partial charge in [0.2, 0.25) is 0 Å². The van der Waals surface area contributed by atoms with Gasteiger partial charge in [-0.1, -0.05) is 30.3 Å². The predicted molar refractivity (Wildman–Crippen MR) is 124 cm³/mol. The third kappa shape index (κ3) is 5.50. The maximum absolute atomic E-state index is 12.7.